The zero-order chi connectivity index (χ0) is 14.1. The fourth-order valence-corrected chi connectivity index (χ4v) is 1.77. The highest BCUT2D eigenvalue weighted by Crippen LogP contribution is 2.23. The van der Waals surface area contributed by atoms with E-state index in [2.05, 4.69) is 5.32 Å². The van der Waals surface area contributed by atoms with E-state index >= 15 is 0 Å². The Morgan fingerprint density at radius 1 is 1.26 bits per heavy atom. The van der Waals surface area contributed by atoms with Gasteiger partial charge in [0.15, 0.2) is 0 Å². The molecule has 19 heavy (non-hydrogen) atoms. The average molecular weight is 267 g/mol. The molecule has 1 aromatic carbocycles. The van der Waals surface area contributed by atoms with E-state index in [-0.39, 0.29) is 6.42 Å². The predicted molar refractivity (Wildman–Crippen MR) is 72.7 cm³/mol. The number of hydrogen-bond acceptors (Lipinski definition) is 4. The molecular weight excluding hydrogens is 246 g/mol. The summed E-state index contributed by atoms with van der Waals surface area (Å²) in [4.78, 5) is 10.4. The first kappa shape index (κ1) is 15.3. The van der Waals surface area contributed by atoms with E-state index in [9.17, 15) is 4.79 Å². The van der Waals surface area contributed by atoms with E-state index in [0.29, 0.717) is 13.0 Å². The van der Waals surface area contributed by atoms with Crippen LogP contribution in [0.3, 0.4) is 0 Å². The molecule has 0 heterocycles. The fourth-order valence-electron chi connectivity index (χ4n) is 1.77. The number of ether oxygens (including phenoxy) is 2. The van der Waals surface area contributed by atoms with Crippen LogP contribution in [0.1, 0.15) is 24.8 Å². The van der Waals surface area contributed by atoms with Gasteiger partial charge >= 0.3 is 5.97 Å². The van der Waals surface area contributed by atoms with E-state index in [1.165, 1.54) is 0 Å². The third-order valence-corrected chi connectivity index (χ3v) is 2.80. The molecule has 0 atom stereocenters. The molecule has 1 rings (SSSR count). The zero-order valence-corrected chi connectivity index (χ0v) is 11.4. The molecule has 0 spiro atoms. The Balaban J connectivity index is 2.37. The average Bonchev–Trinajstić information content (AvgIpc) is 2.42. The monoisotopic (exact) mass is 267 g/mol. The molecule has 5 heteroatoms. The summed E-state index contributed by atoms with van der Waals surface area (Å²) in [6.45, 7) is 1.46. The van der Waals surface area contributed by atoms with Crippen molar-refractivity contribution >= 4 is 5.97 Å². The number of nitrogens with one attached hydrogen (secondary N) is 1. The third kappa shape index (κ3) is 5.61. The van der Waals surface area contributed by atoms with Gasteiger partial charge in [-0.05, 0) is 37.6 Å². The van der Waals surface area contributed by atoms with Crippen molar-refractivity contribution in [2.45, 2.75) is 25.8 Å². The van der Waals surface area contributed by atoms with Gasteiger partial charge in [0, 0.05) is 18.5 Å². The van der Waals surface area contributed by atoms with Crippen LogP contribution < -0.4 is 14.8 Å². The quantitative estimate of drug-likeness (QED) is 0.670. The topological polar surface area (TPSA) is 67.8 Å². The van der Waals surface area contributed by atoms with Gasteiger partial charge in [-0.25, -0.2) is 0 Å². The number of hydrogen-bond donors (Lipinski definition) is 2. The van der Waals surface area contributed by atoms with E-state index in [0.717, 1.165) is 30.0 Å². The van der Waals surface area contributed by atoms with Gasteiger partial charge in [-0.15, -0.1) is 0 Å². The molecule has 0 amide bonds. The lowest BCUT2D eigenvalue weighted by molar-refractivity contribution is -0.137. The first-order chi connectivity index (χ1) is 9.17. The summed E-state index contributed by atoms with van der Waals surface area (Å²) in [5.74, 6) is 0.872. The number of rotatable bonds is 9. The van der Waals surface area contributed by atoms with Crippen molar-refractivity contribution < 1.29 is 19.4 Å². The Kier molecular flexibility index (Phi) is 6.74. The van der Waals surface area contributed by atoms with Gasteiger partial charge in [-0.2, -0.15) is 0 Å². The van der Waals surface area contributed by atoms with E-state index < -0.39 is 5.97 Å². The van der Waals surface area contributed by atoms with Gasteiger partial charge in [-0.3, -0.25) is 4.79 Å². The van der Waals surface area contributed by atoms with Crippen molar-refractivity contribution in [2.75, 3.05) is 20.8 Å². The van der Waals surface area contributed by atoms with Crippen molar-refractivity contribution in [2.24, 2.45) is 0 Å². The van der Waals surface area contributed by atoms with Gasteiger partial charge in [-0.1, -0.05) is 0 Å². The van der Waals surface area contributed by atoms with Gasteiger partial charge in [0.25, 0.3) is 0 Å². The molecule has 0 aromatic heterocycles. The SMILES string of the molecule is COc1ccc(OC)c(CNCCCCC(=O)O)c1. The molecule has 0 bridgehead atoms. The number of carbonyl (C=O) groups is 1. The lowest BCUT2D eigenvalue weighted by Gasteiger charge is -2.11. The minimum absolute atomic E-state index is 0.226. The molecule has 5 nitrogen and oxygen atoms in total. The summed E-state index contributed by atoms with van der Waals surface area (Å²) < 4.78 is 10.5. The summed E-state index contributed by atoms with van der Waals surface area (Å²) in [6.07, 6.45) is 1.76. The van der Waals surface area contributed by atoms with Crippen LogP contribution in [-0.4, -0.2) is 31.8 Å². The van der Waals surface area contributed by atoms with Crippen LogP contribution in [0.25, 0.3) is 0 Å². The van der Waals surface area contributed by atoms with Gasteiger partial charge in [0.05, 0.1) is 14.2 Å². The molecule has 0 aliphatic carbocycles. The van der Waals surface area contributed by atoms with Crippen LogP contribution in [0, 0.1) is 0 Å². The maximum absolute atomic E-state index is 10.4. The normalized spacial score (nSPS) is 10.2. The smallest absolute Gasteiger partial charge is 0.303 e. The van der Waals surface area contributed by atoms with Crippen LogP contribution >= 0.6 is 0 Å². The molecule has 106 valence electrons. The van der Waals surface area contributed by atoms with Crippen LogP contribution in [0.4, 0.5) is 0 Å². The molecular formula is C14H21NO4. The summed E-state index contributed by atoms with van der Waals surface area (Å²) in [7, 11) is 3.27. The summed E-state index contributed by atoms with van der Waals surface area (Å²) in [5.41, 5.74) is 1.03. The third-order valence-electron chi connectivity index (χ3n) is 2.80. The molecule has 0 aliphatic heterocycles. The minimum Gasteiger partial charge on any atom is -0.497 e. The van der Waals surface area contributed by atoms with Crippen molar-refractivity contribution in [3.63, 3.8) is 0 Å². The molecule has 0 fully saturated rings. The van der Waals surface area contributed by atoms with Crippen LogP contribution in [0.15, 0.2) is 18.2 Å². The van der Waals surface area contributed by atoms with E-state index in [4.69, 9.17) is 14.6 Å². The van der Waals surface area contributed by atoms with Gasteiger partial charge in [0.2, 0.25) is 0 Å². The molecule has 0 radical (unpaired) electrons. The number of carboxylic acids is 1. The molecule has 0 unspecified atom stereocenters. The summed E-state index contributed by atoms with van der Waals surface area (Å²) in [6, 6.07) is 5.67. The van der Waals surface area contributed by atoms with E-state index in [1.54, 1.807) is 14.2 Å². The number of aliphatic carboxylic acids is 1. The van der Waals surface area contributed by atoms with Gasteiger partial charge < -0.3 is 19.9 Å². The van der Waals surface area contributed by atoms with Crippen molar-refractivity contribution in [3.8, 4) is 11.5 Å². The summed E-state index contributed by atoms with van der Waals surface area (Å²) in [5, 5.41) is 11.8. The highest BCUT2D eigenvalue weighted by molar-refractivity contribution is 5.66. The first-order valence-electron chi connectivity index (χ1n) is 6.30. The molecule has 0 saturated carbocycles. The zero-order valence-electron chi connectivity index (χ0n) is 11.4. The second kappa shape index (κ2) is 8.37. The molecule has 1 aromatic rings. The Bertz CT molecular complexity index is 406. The molecule has 0 saturated heterocycles. The fraction of sp³-hybridized carbons (Fsp3) is 0.500. The first-order valence-corrected chi connectivity index (χ1v) is 6.30. The van der Waals surface area contributed by atoms with E-state index in [1.807, 2.05) is 18.2 Å². The largest absolute Gasteiger partial charge is 0.497 e. The lowest BCUT2D eigenvalue weighted by Crippen LogP contribution is -2.15. The Morgan fingerprint density at radius 3 is 2.68 bits per heavy atom. The maximum Gasteiger partial charge on any atom is 0.303 e. The lowest BCUT2D eigenvalue weighted by atomic mass is 10.2. The minimum atomic E-state index is -0.741. The van der Waals surface area contributed by atoms with Crippen molar-refractivity contribution in [1.82, 2.24) is 5.32 Å². The van der Waals surface area contributed by atoms with Crippen LogP contribution in [-0.2, 0) is 11.3 Å². The standard InChI is InChI=1S/C14H21NO4/c1-18-12-6-7-13(19-2)11(9-12)10-15-8-4-3-5-14(16)17/h6-7,9,15H,3-5,8,10H2,1-2H3,(H,16,17). The molecule has 0 aliphatic rings. The Labute approximate surface area is 113 Å². The number of methoxy groups -OCH3 is 2. The van der Waals surface area contributed by atoms with Crippen LogP contribution in [0.5, 0.6) is 11.5 Å². The predicted octanol–water partition coefficient (Wildman–Crippen LogP) is 2.05. The van der Waals surface area contributed by atoms with Crippen molar-refractivity contribution in [3.05, 3.63) is 23.8 Å². The second-order valence-corrected chi connectivity index (χ2v) is 4.21. The summed E-state index contributed by atoms with van der Waals surface area (Å²) >= 11 is 0. The number of benzene rings is 1. The maximum atomic E-state index is 10.4. The molecule has 2 N–H and O–H groups in total. The van der Waals surface area contributed by atoms with Gasteiger partial charge in [0.1, 0.15) is 11.5 Å². The Hall–Kier alpha value is -1.75. The number of unbranched alkanes of at least 4 members (excludes halogenated alkanes) is 1. The van der Waals surface area contributed by atoms with Crippen LogP contribution in [0.2, 0.25) is 0 Å². The van der Waals surface area contributed by atoms with Crippen molar-refractivity contribution in [1.29, 1.82) is 0 Å². The highest BCUT2D eigenvalue weighted by atomic mass is 16.5. The number of carboxylic acid groups (broad SMARTS) is 1. The Morgan fingerprint density at radius 2 is 2.05 bits per heavy atom. The second-order valence-electron chi connectivity index (χ2n) is 4.21. The highest BCUT2D eigenvalue weighted by Gasteiger charge is 2.04.